The number of methoxy groups -OCH3 is 2. The van der Waals surface area contributed by atoms with Crippen LogP contribution in [0.3, 0.4) is 0 Å². The molecule has 0 aromatic carbocycles. The topological polar surface area (TPSA) is 102 Å². The molecular formula is C12H22N6O3. The van der Waals surface area contributed by atoms with Crippen LogP contribution in [0.4, 0.5) is 11.9 Å². The standard InChI is InChI=1S/C12H22N6O3/c1-5-13-10-15-11(17-12(16-10)21-4)18(2)8-9(19)14-6-7-20-3/h5-8H2,1-4H3,(H,14,19)(H,13,15,16,17). The van der Waals surface area contributed by atoms with E-state index < -0.39 is 0 Å². The average Bonchev–Trinajstić information content (AvgIpc) is 2.47. The van der Waals surface area contributed by atoms with Crippen LogP contribution < -0.4 is 20.3 Å². The highest BCUT2D eigenvalue weighted by atomic mass is 16.5. The summed E-state index contributed by atoms with van der Waals surface area (Å²) >= 11 is 0. The third-order valence-electron chi connectivity index (χ3n) is 2.47. The lowest BCUT2D eigenvalue weighted by Crippen LogP contribution is -2.37. The van der Waals surface area contributed by atoms with Crippen molar-refractivity contribution in [2.75, 3.05) is 57.7 Å². The van der Waals surface area contributed by atoms with E-state index in [-0.39, 0.29) is 18.5 Å². The molecule has 0 aliphatic carbocycles. The minimum absolute atomic E-state index is 0.127. The average molecular weight is 298 g/mol. The normalized spacial score (nSPS) is 10.1. The summed E-state index contributed by atoms with van der Waals surface area (Å²) in [7, 11) is 4.78. The van der Waals surface area contributed by atoms with Gasteiger partial charge >= 0.3 is 6.01 Å². The van der Waals surface area contributed by atoms with Gasteiger partial charge in [-0.3, -0.25) is 4.79 Å². The van der Waals surface area contributed by atoms with Gasteiger partial charge in [0.25, 0.3) is 0 Å². The van der Waals surface area contributed by atoms with Crippen LogP contribution in [-0.2, 0) is 9.53 Å². The molecule has 9 nitrogen and oxygen atoms in total. The van der Waals surface area contributed by atoms with Gasteiger partial charge in [0, 0.05) is 27.2 Å². The Balaban J connectivity index is 2.69. The van der Waals surface area contributed by atoms with E-state index in [1.54, 1.807) is 19.1 Å². The lowest BCUT2D eigenvalue weighted by Gasteiger charge is -2.17. The van der Waals surface area contributed by atoms with E-state index in [9.17, 15) is 4.79 Å². The second-order valence-corrected chi connectivity index (χ2v) is 4.17. The van der Waals surface area contributed by atoms with Crippen LogP contribution in [0.1, 0.15) is 6.92 Å². The van der Waals surface area contributed by atoms with E-state index in [0.717, 1.165) is 0 Å². The van der Waals surface area contributed by atoms with Crippen LogP contribution in [0.25, 0.3) is 0 Å². The lowest BCUT2D eigenvalue weighted by molar-refractivity contribution is -0.119. The van der Waals surface area contributed by atoms with Crippen molar-refractivity contribution in [2.45, 2.75) is 6.92 Å². The quantitative estimate of drug-likeness (QED) is 0.589. The molecule has 2 N–H and O–H groups in total. The van der Waals surface area contributed by atoms with Gasteiger partial charge in [-0.2, -0.15) is 15.0 Å². The van der Waals surface area contributed by atoms with Crippen molar-refractivity contribution in [3.05, 3.63) is 0 Å². The number of hydrogen-bond donors (Lipinski definition) is 2. The first kappa shape index (κ1) is 16.9. The molecule has 1 aromatic rings. The number of ether oxygens (including phenoxy) is 2. The SMILES string of the molecule is CCNc1nc(OC)nc(N(C)CC(=O)NCCOC)n1. The summed E-state index contributed by atoms with van der Waals surface area (Å²) in [5.41, 5.74) is 0. The van der Waals surface area contributed by atoms with Gasteiger partial charge < -0.3 is 25.0 Å². The number of nitrogens with zero attached hydrogens (tertiary/aromatic N) is 4. The van der Waals surface area contributed by atoms with Crippen LogP contribution >= 0.6 is 0 Å². The molecule has 9 heteroatoms. The van der Waals surface area contributed by atoms with Crippen molar-refractivity contribution in [3.8, 4) is 6.01 Å². The molecule has 1 rings (SSSR count). The Morgan fingerprint density at radius 1 is 1.29 bits per heavy atom. The fourth-order valence-electron chi connectivity index (χ4n) is 1.48. The Morgan fingerprint density at radius 2 is 2.05 bits per heavy atom. The van der Waals surface area contributed by atoms with E-state index >= 15 is 0 Å². The van der Waals surface area contributed by atoms with Crippen LogP contribution in [0.15, 0.2) is 0 Å². The minimum Gasteiger partial charge on any atom is -0.467 e. The Hall–Kier alpha value is -2.16. The molecule has 118 valence electrons. The maximum Gasteiger partial charge on any atom is 0.322 e. The molecule has 0 radical (unpaired) electrons. The summed E-state index contributed by atoms with van der Waals surface area (Å²) in [4.78, 5) is 25.8. The van der Waals surface area contributed by atoms with Crippen molar-refractivity contribution >= 4 is 17.8 Å². The molecular weight excluding hydrogens is 276 g/mol. The maximum absolute atomic E-state index is 11.7. The Bertz CT molecular complexity index is 457. The fraction of sp³-hybridized carbons (Fsp3) is 0.667. The van der Waals surface area contributed by atoms with Crippen molar-refractivity contribution in [2.24, 2.45) is 0 Å². The third-order valence-corrected chi connectivity index (χ3v) is 2.47. The summed E-state index contributed by atoms with van der Waals surface area (Å²) in [6.07, 6.45) is 0. The van der Waals surface area contributed by atoms with Crippen LogP contribution in [-0.4, -0.2) is 68.4 Å². The molecule has 0 unspecified atom stereocenters. The fourth-order valence-corrected chi connectivity index (χ4v) is 1.48. The second kappa shape index (κ2) is 8.90. The van der Waals surface area contributed by atoms with Gasteiger partial charge in [0.05, 0.1) is 20.3 Å². The monoisotopic (exact) mass is 298 g/mol. The van der Waals surface area contributed by atoms with Gasteiger partial charge in [0.2, 0.25) is 17.8 Å². The summed E-state index contributed by atoms with van der Waals surface area (Å²) in [5.74, 6) is 0.629. The summed E-state index contributed by atoms with van der Waals surface area (Å²) in [6, 6.07) is 0.197. The number of anilines is 2. The molecule has 1 heterocycles. The number of rotatable bonds is 9. The summed E-state index contributed by atoms with van der Waals surface area (Å²) in [6.45, 7) is 3.67. The number of carbonyl (C=O) groups excluding carboxylic acids is 1. The van der Waals surface area contributed by atoms with Crippen molar-refractivity contribution in [1.82, 2.24) is 20.3 Å². The highest BCUT2D eigenvalue weighted by molar-refractivity contribution is 5.80. The van der Waals surface area contributed by atoms with E-state index in [2.05, 4.69) is 25.6 Å². The highest BCUT2D eigenvalue weighted by Crippen LogP contribution is 2.13. The zero-order valence-electron chi connectivity index (χ0n) is 12.8. The van der Waals surface area contributed by atoms with E-state index in [1.165, 1.54) is 7.11 Å². The maximum atomic E-state index is 11.7. The molecule has 0 aliphatic rings. The van der Waals surface area contributed by atoms with E-state index in [1.807, 2.05) is 6.92 Å². The first-order chi connectivity index (χ1) is 10.1. The molecule has 0 spiro atoms. The Kier molecular flexibility index (Phi) is 7.16. The highest BCUT2D eigenvalue weighted by Gasteiger charge is 2.13. The van der Waals surface area contributed by atoms with Gasteiger partial charge in [0.15, 0.2) is 0 Å². The number of amides is 1. The lowest BCUT2D eigenvalue weighted by atomic mass is 10.5. The van der Waals surface area contributed by atoms with Gasteiger partial charge in [-0.1, -0.05) is 0 Å². The number of hydrogen-bond acceptors (Lipinski definition) is 8. The van der Waals surface area contributed by atoms with E-state index in [4.69, 9.17) is 9.47 Å². The molecule has 0 saturated heterocycles. The molecule has 0 saturated carbocycles. The number of aromatic nitrogens is 3. The predicted octanol–water partition coefficient (Wildman–Crippen LogP) is -0.489. The molecule has 0 bridgehead atoms. The second-order valence-electron chi connectivity index (χ2n) is 4.17. The first-order valence-corrected chi connectivity index (χ1v) is 6.61. The molecule has 0 atom stereocenters. The Labute approximate surface area is 124 Å². The molecule has 1 amide bonds. The van der Waals surface area contributed by atoms with E-state index in [0.29, 0.717) is 31.6 Å². The molecule has 21 heavy (non-hydrogen) atoms. The van der Waals surface area contributed by atoms with Crippen molar-refractivity contribution < 1.29 is 14.3 Å². The van der Waals surface area contributed by atoms with Crippen molar-refractivity contribution in [3.63, 3.8) is 0 Å². The van der Waals surface area contributed by atoms with Crippen molar-refractivity contribution in [1.29, 1.82) is 0 Å². The van der Waals surface area contributed by atoms with Crippen LogP contribution in [0.5, 0.6) is 6.01 Å². The molecule has 0 aliphatic heterocycles. The largest absolute Gasteiger partial charge is 0.467 e. The number of nitrogens with one attached hydrogen (secondary N) is 2. The summed E-state index contributed by atoms with van der Waals surface area (Å²) < 4.78 is 9.90. The summed E-state index contributed by atoms with van der Waals surface area (Å²) in [5, 5.41) is 5.72. The van der Waals surface area contributed by atoms with Gasteiger partial charge in [-0.15, -0.1) is 0 Å². The zero-order valence-corrected chi connectivity index (χ0v) is 12.8. The van der Waals surface area contributed by atoms with Gasteiger partial charge in [-0.05, 0) is 6.92 Å². The number of carbonyl (C=O) groups is 1. The van der Waals surface area contributed by atoms with Crippen LogP contribution in [0, 0.1) is 0 Å². The number of likely N-dealkylation sites (N-methyl/N-ethyl adjacent to an activating group) is 1. The minimum atomic E-state index is -0.140. The third kappa shape index (κ3) is 5.78. The smallest absolute Gasteiger partial charge is 0.322 e. The van der Waals surface area contributed by atoms with Gasteiger partial charge in [-0.25, -0.2) is 0 Å². The van der Waals surface area contributed by atoms with Gasteiger partial charge in [0.1, 0.15) is 0 Å². The Morgan fingerprint density at radius 3 is 2.67 bits per heavy atom. The first-order valence-electron chi connectivity index (χ1n) is 6.61. The predicted molar refractivity (Wildman–Crippen MR) is 78.7 cm³/mol. The molecule has 0 fully saturated rings. The molecule has 1 aromatic heterocycles. The van der Waals surface area contributed by atoms with Crippen LogP contribution in [0.2, 0.25) is 0 Å². The zero-order chi connectivity index (χ0) is 15.7.